The Labute approximate surface area is 167 Å². The monoisotopic (exact) mass is 388 g/mol. The summed E-state index contributed by atoms with van der Waals surface area (Å²) in [4.78, 5) is 21.0. The zero-order valence-corrected chi connectivity index (χ0v) is 16.4. The van der Waals surface area contributed by atoms with E-state index in [4.69, 9.17) is 4.99 Å². The first-order chi connectivity index (χ1) is 13.8. The number of benzene rings is 2. The maximum absolute atomic E-state index is 12.9. The second-order valence-corrected chi connectivity index (χ2v) is 7.90. The van der Waals surface area contributed by atoms with E-state index in [0.717, 1.165) is 40.2 Å². The minimum Gasteiger partial charge on any atom is -0.360 e. The highest BCUT2D eigenvalue weighted by Crippen LogP contribution is 2.41. The molecule has 3 aromatic rings. The number of fused-ring (bicyclic) bond motifs is 4. The minimum absolute atomic E-state index is 0.103. The summed E-state index contributed by atoms with van der Waals surface area (Å²) in [5.74, 6) is 0.439. The van der Waals surface area contributed by atoms with E-state index in [2.05, 4.69) is 29.1 Å². The zero-order chi connectivity index (χ0) is 19.1. The topological polar surface area (TPSA) is 60.8 Å². The van der Waals surface area contributed by atoms with Crippen molar-refractivity contribution in [3.63, 3.8) is 0 Å². The molecule has 28 heavy (non-hydrogen) atoms. The highest BCUT2D eigenvalue weighted by Gasteiger charge is 2.32. The van der Waals surface area contributed by atoms with Crippen LogP contribution in [0.1, 0.15) is 40.9 Å². The van der Waals surface area contributed by atoms with Crippen molar-refractivity contribution in [2.75, 3.05) is 5.75 Å². The number of rotatable bonds is 4. The molecule has 0 aliphatic carbocycles. The number of amidine groups is 1. The molecule has 0 radical (unpaired) electrons. The summed E-state index contributed by atoms with van der Waals surface area (Å²) < 4.78 is 0. The van der Waals surface area contributed by atoms with Gasteiger partial charge in [-0.15, -0.1) is 0 Å². The van der Waals surface area contributed by atoms with Gasteiger partial charge in [0.2, 0.25) is 0 Å². The molecule has 2 aliphatic rings. The third kappa shape index (κ3) is 2.76. The van der Waals surface area contributed by atoms with Crippen molar-refractivity contribution < 1.29 is 4.79 Å². The number of nitrogens with one attached hydrogen (secondary N) is 1. The second kappa shape index (κ2) is 6.95. The van der Waals surface area contributed by atoms with Gasteiger partial charge >= 0.3 is 0 Å². The van der Waals surface area contributed by atoms with E-state index in [-0.39, 0.29) is 11.8 Å². The quantitative estimate of drug-likeness (QED) is 0.634. The summed E-state index contributed by atoms with van der Waals surface area (Å²) in [5, 5.41) is 8.23. The first kappa shape index (κ1) is 17.3. The average Bonchev–Trinajstić information content (AvgIpc) is 3.39. The predicted molar refractivity (Wildman–Crippen MR) is 116 cm³/mol. The fourth-order valence-corrected chi connectivity index (χ4v) is 4.82. The van der Waals surface area contributed by atoms with Crippen molar-refractivity contribution in [1.82, 2.24) is 9.99 Å². The molecule has 1 aromatic heterocycles. The highest BCUT2D eigenvalue weighted by atomic mass is 32.2. The lowest BCUT2D eigenvalue weighted by molar-refractivity contribution is 0.102. The van der Waals surface area contributed by atoms with Crippen LogP contribution in [0.15, 0.2) is 58.8 Å². The molecule has 3 heterocycles. The van der Waals surface area contributed by atoms with Gasteiger partial charge < -0.3 is 4.98 Å². The van der Waals surface area contributed by atoms with Crippen LogP contribution in [0.4, 0.5) is 5.69 Å². The molecule has 140 valence electrons. The number of H-pyrrole nitrogens is 1. The van der Waals surface area contributed by atoms with E-state index < -0.39 is 0 Å². The molecule has 0 saturated heterocycles. The summed E-state index contributed by atoms with van der Waals surface area (Å²) in [7, 11) is 0. The summed E-state index contributed by atoms with van der Waals surface area (Å²) in [6.07, 6.45) is 5.57. The molecule has 0 amide bonds. The lowest BCUT2D eigenvalue weighted by atomic mass is 10.0. The Hall–Kier alpha value is -2.86. The standard InChI is InChI=1S/C22H20N4OS/c1-2-14-6-5-8-15-17(12-23-21(14)15)20(27)13-28-22-25-18-9-4-3-7-16(18)19-10-11-24-26(19)22/h3-9,11-12,19,23H,2,10,13H2,1H3. The number of aliphatic imine (C=N–C) groups is 1. The smallest absolute Gasteiger partial charge is 0.186 e. The zero-order valence-electron chi connectivity index (χ0n) is 15.6. The molecule has 5 nitrogen and oxygen atoms in total. The Bertz CT molecular complexity index is 1130. The third-order valence-electron chi connectivity index (χ3n) is 5.35. The van der Waals surface area contributed by atoms with Crippen molar-refractivity contribution in [2.24, 2.45) is 10.1 Å². The van der Waals surface area contributed by atoms with Gasteiger partial charge in [0.25, 0.3) is 0 Å². The molecule has 0 saturated carbocycles. The largest absolute Gasteiger partial charge is 0.360 e. The van der Waals surface area contributed by atoms with Gasteiger partial charge in [-0.25, -0.2) is 10.0 Å². The second-order valence-electron chi connectivity index (χ2n) is 6.95. The number of nitrogens with zero attached hydrogens (tertiary/aromatic N) is 3. The summed E-state index contributed by atoms with van der Waals surface area (Å²) in [6, 6.07) is 14.5. The Morgan fingerprint density at radius 3 is 3.04 bits per heavy atom. The number of aromatic nitrogens is 1. The van der Waals surface area contributed by atoms with Crippen LogP contribution in [-0.2, 0) is 6.42 Å². The predicted octanol–water partition coefficient (Wildman–Crippen LogP) is 5.08. The average molecular weight is 388 g/mol. The molecule has 0 bridgehead atoms. The van der Waals surface area contributed by atoms with Gasteiger partial charge in [0.15, 0.2) is 11.0 Å². The van der Waals surface area contributed by atoms with E-state index in [1.54, 1.807) is 0 Å². The van der Waals surface area contributed by atoms with Crippen LogP contribution in [0.2, 0.25) is 0 Å². The molecular weight excluding hydrogens is 368 g/mol. The minimum atomic E-state index is 0.103. The number of hydrazone groups is 1. The number of Topliss-reactive ketones (excluding diaryl/α,β-unsaturated/α-hetero) is 1. The molecule has 1 N–H and O–H groups in total. The normalized spacial score (nSPS) is 17.5. The lowest BCUT2D eigenvalue weighted by Crippen LogP contribution is -2.28. The van der Waals surface area contributed by atoms with Crippen molar-refractivity contribution in [3.8, 4) is 0 Å². The van der Waals surface area contributed by atoms with E-state index in [1.165, 1.54) is 22.9 Å². The number of aryl methyl sites for hydroxylation is 1. The van der Waals surface area contributed by atoms with Crippen molar-refractivity contribution >= 4 is 45.5 Å². The molecular formula is C22H20N4OS. The van der Waals surface area contributed by atoms with Crippen molar-refractivity contribution in [1.29, 1.82) is 0 Å². The van der Waals surface area contributed by atoms with Gasteiger partial charge in [-0.1, -0.05) is 55.1 Å². The maximum atomic E-state index is 12.9. The molecule has 0 fully saturated rings. The van der Waals surface area contributed by atoms with Gasteiger partial charge in [-0.05, 0) is 18.1 Å². The SMILES string of the molecule is CCc1cccc2c(C(=O)CSC3=Nc4ccccc4C4CC=NN34)c[nH]c12. The van der Waals surface area contributed by atoms with Gasteiger partial charge in [0.1, 0.15) is 0 Å². The third-order valence-corrected chi connectivity index (χ3v) is 6.30. The number of aromatic amines is 1. The number of carbonyl (C=O) groups is 1. The number of hydrogen-bond acceptors (Lipinski definition) is 5. The van der Waals surface area contributed by atoms with Crippen LogP contribution in [-0.4, -0.2) is 32.9 Å². The van der Waals surface area contributed by atoms with Gasteiger partial charge in [-0.3, -0.25) is 4.79 Å². The number of para-hydroxylation sites is 2. The summed E-state index contributed by atoms with van der Waals surface area (Å²) in [5.41, 5.74) is 5.21. The molecule has 5 rings (SSSR count). The van der Waals surface area contributed by atoms with E-state index in [1.807, 2.05) is 47.8 Å². The fourth-order valence-electron chi connectivity index (χ4n) is 3.93. The van der Waals surface area contributed by atoms with Crippen LogP contribution >= 0.6 is 11.8 Å². The number of hydrogen-bond donors (Lipinski definition) is 1. The van der Waals surface area contributed by atoms with Gasteiger partial charge in [0, 0.05) is 40.9 Å². The van der Waals surface area contributed by atoms with Crippen LogP contribution in [0.3, 0.4) is 0 Å². The number of thioether (sulfide) groups is 1. The van der Waals surface area contributed by atoms with Crippen LogP contribution < -0.4 is 0 Å². The van der Waals surface area contributed by atoms with Gasteiger partial charge in [-0.2, -0.15) is 5.10 Å². The van der Waals surface area contributed by atoms with Crippen LogP contribution in [0.5, 0.6) is 0 Å². The van der Waals surface area contributed by atoms with Crippen molar-refractivity contribution in [3.05, 3.63) is 65.4 Å². The molecule has 6 heteroatoms. The molecule has 1 atom stereocenters. The fraction of sp³-hybridized carbons (Fsp3) is 0.227. The Morgan fingerprint density at radius 1 is 1.25 bits per heavy atom. The molecule has 2 aromatic carbocycles. The van der Waals surface area contributed by atoms with E-state index >= 15 is 0 Å². The maximum Gasteiger partial charge on any atom is 0.186 e. The molecule has 2 aliphatic heterocycles. The number of carbonyl (C=O) groups excluding carboxylic acids is 1. The van der Waals surface area contributed by atoms with E-state index in [9.17, 15) is 4.79 Å². The highest BCUT2D eigenvalue weighted by molar-refractivity contribution is 8.14. The van der Waals surface area contributed by atoms with E-state index in [0.29, 0.717) is 5.75 Å². The van der Waals surface area contributed by atoms with Crippen LogP contribution in [0.25, 0.3) is 10.9 Å². The van der Waals surface area contributed by atoms with Gasteiger partial charge in [0.05, 0.1) is 17.5 Å². The Morgan fingerprint density at radius 2 is 2.14 bits per heavy atom. The molecule has 0 spiro atoms. The van der Waals surface area contributed by atoms with Crippen molar-refractivity contribution in [2.45, 2.75) is 25.8 Å². The summed E-state index contributed by atoms with van der Waals surface area (Å²) in [6.45, 7) is 2.12. The molecule has 1 unspecified atom stereocenters. The first-order valence-electron chi connectivity index (χ1n) is 9.50. The Kier molecular flexibility index (Phi) is 4.28. The Balaban J connectivity index is 1.40. The first-order valence-corrected chi connectivity index (χ1v) is 10.5. The lowest BCUT2D eigenvalue weighted by Gasteiger charge is -2.29. The number of ketones is 1. The summed E-state index contributed by atoms with van der Waals surface area (Å²) >= 11 is 1.46. The van der Waals surface area contributed by atoms with Crippen LogP contribution in [0, 0.1) is 0 Å².